The Morgan fingerprint density at radius 1 is 1.24 bits per heavy atom. The Kier molecular flexibility index (Phi) is 4.33. The van der Waals surface area contributed by atoms with Crippen LogP contribution in [0.25, 0.3) is 11.2 Å². The van der Waals surface area contributed by atoms with Gasteiger partial charge in [-0.05, 0) is 25.0 Å². The molecule has 0 N–H and O–H groups in total. The van der Waals surface area contributed by atoms with E-state index in [1.807, 2.05) is 10.6 Å². The van der Waals surface area contributed by atoms with Crippen molar-refractivity contribution in [2.45, 2.75) is 25.2 Å². The molecule has 0 radical (unpaired) electrons. The number of benzene rings is 1. The molecule has 7 nitrogen and oxygen atoms in total. The van der Waals surface area contributed by atoms with Gasteiger partial charge in [-0.15, -0.1) is 0 Å². The Bertz CT molecular complexity index is 899. The van der Waals surface area contributed by atoms with E-state index in [1.165, 1.54) is 6.33 Å². The fourth-order valence-electron chi connectivity index (χ4n) is 2.87. The summed E-state index contributed by atoms with van der Waals surface area (Å²) in [5, 5.41) is 0.315. The molecule has 0 aliphatic carbocycles. The third-order valence-corrected chi connectivity index (χ3v) is 4.40. The molecule has 2 unspecified atom stereocenters. The highest BCUT2D eigenvalue weighted by molar-refractivity contribution is 6.33. The zero-order valence-electron chi connectivity index (χ0n) is 13.2. The minimum absolute atomic E-state index is 0.160. The lowest BCUT2D eigenvalue weighted by Gasteiger charge is -2.15. The molecule has 4 rings (SSSR count). The number of halogens is 1. The molecule has 2 atom stereocenters. The van der Waals surface area contributed by atoms with Crippen molar-refractivity contribution in [2.75, 3.05) is 6.61 Å². The van der Waals surface area contributed by atoms with Gasteiger partial charge in [0.15, 0.2) is 10.8 Å². The van der Waals surface area contributed by atoms with Gasteiger partial charge >= 0.3 is 5.97 Å². The summed E-state index contributed by atoms with van der Waals surface area (Å²) in [7, 11) is 0. The molecule has 25 heavy (non-hydrogen) atoms. The maximum atomic E-state index is 12.0. The average Bonchev–Trinajstić information content (AvgIpc) is 3.27. The molecule has 8 heteroatoms. The van der Waals surface area contributed by atoms with Crippen LogP contribution in [0.15, 0.2) is 43.0 Å². The standard InChI is InChI=1S/C17H15ClN4O3/c18-15-14-16(20-9-19-15)22(10-21-14)13-7-6-12(25-13)8-24-17(23)11-4-2-1-3-5-11/h1-5,9-10,12-13H,6-8H2. The highest BCUT2D eigenvalue weighted by Crippen LogP contribution is 2.31. The van der Waals surface area contributed by atoms with Crippen molar-refractivity contribution in [2.24, 2.45) is 0 Å². The minimum atomic E-state index is -0.347. The zero-order chi connectivity index (χ0) is 17.2. The molecule has 3 heterocycles. The minimum Gasteiger partial charge on any atom is -0.459 e. The molecule has 128 valence electrons. The first-order valence-corrected chi connectivity index (χ1v) is 8.31. The lowest BCUT2D eigenvalue weighted by atomic mass is 10.2. The number of hydrogen-bond acceptors (Lipinski definition) is 6. The van der Waals surface area contributed by atoms with Crippen LogP contribution < -0.4 is 0 Å². The second-order valence-corrected chi connectivity index (χ2v) is 6.10. The van der Waals surface area contributed by atoms with Crippen molar-refractivity contribution in [1.82, 2.24) is 19.5 Å². The normalized spacial score (nSPS) is 20.0. The number of imidazole rings is 1. The van der Waals surface area contributed by atoms with E-state index in [0.29, 0.717) is 21.9 Å². The van der Waals surface area contributed by atoms with E-state index in [-0.39, 0.29) is 24.9 Å². The van der Waals surface area contributed by atoms with Crippen LogP contribution in [0.2, 0.25) is 5.15 Å². The van der Waals surface area contributed by atoms with E-state index < -0.39 is 0 Å². The molecular weight excluding hydrogens is 344 g/mol. The number of rotatable bonds is 4. The molecule has 2 aromatic heterocycles. The van der Waals surface area contributed by atoms with Gasteiger partial charge in [0.2, 0.25) is 0 Å². The first-order valence-electron chi connectivity index (χ1n) is 7.93. The van der Waals surface area contributed by atoms with Gasteiger partial charge in [0.25, 0.3) is 0 Å². The SMILES string of the molecule is O=C(OCC1CCC(n2cnc3c(Cl)ncnc32)O1)c1ccccc1. The number of ether oxygens (including phenoxy) is 2. The predicted octanol–water partition coefficient (Wildman–Crippen LogP) is 3.01. The highest BCUT2D eigenvalue weighted by atomic mass is 35.5. The number of hydrogen-bond donors (Lipinski definition) is 0. The van der Waals surface area contributed by atoms with E-state index in [0.717, 1.165) is 12.8 Å². The monoisotopic (exact) mass is 358 g/mol. The van der Waals surface area contributed by atoms with Gasteiger partial charge in [-0.1, -0.05) is 29.8 Å². The smallest absolute Gasteiger partial charge is 0.338 e. The fraction of sp³-hybridized carbons (Fsp3) is 0.294. The third kappa shape index (κ3) is 3.20. The van der Waals surface area contributed by atoms with E-state index in [4.69, 9.17) is 21.1 Å². The Morgan fingerprint density at radius 3 is 2.92 bits per heavy atom. The quantitative estimate of drug-likeness (QED) is 0.527. The van der Waals surface area contributed by atoms with Crippen molar-refractivity contribution >= 4 is 28.7 Å². The van der Waals surface area contributed by atoms with Crippen LogP contribution in [0.3, 0.4) is 0 Å². The predicted molar refractivity (Wildman–Crippen MR) is 90.2 cm³/mol. The Hall–Kier alpha value is -2.51. The topological polar surface area (TPSA) is 79.1 Å². The molecule has 1 aliphatic rings. The van der Waals surface area contributed by atoms with Gasteiger partial charge in [0.1, 0.15) is 24.7 Å². The summed E-state index contributed by atoms with van der Waals surface area (Å²) < 4.78 is 13.2. The molecule has 3 aromatic rings. The van der Waals surface area contributed by atoms with E-state index >= 15 is 0 Å². The van der Waals surface area contributed by atoms with Crippen LogP contribution in [-0.4, -0.2) is 38.2 Å². The maximum absolute atomic E-state index is 12.0. The number of nitrogens with zero attached hydrogens (tertiary/aromatic N) is 4. The first kappa shape index (κ1) is 16.0. The second kappa shape index (κ2) is 6.78. The summed E-state index contributed by atoms with van der Waals surface area (Å²) >= 11 is 6.02. The summed E-state index contributed by atoms with van der Waals surface area (Å²) in [4.78, 5) is 24.4. The van der Waals surface area contributed by atoms with Crippen molar-refractivity contribution in [3.8, 4) is 0 Å². The number of fused-ring (bicyclic) bond motifs is 1. The van der Waals surface area contributed by atoms with E-state index in [1.54, 1.807) is 30.6 Å². The molecule has 1 saturated heterocycles. The molecular formula is C17H15ClN4O3. The second-order valence-electron chi connectivity index (χ2n) is 5.74. The summed E-state index contributed by atoms with van der Waals surface area (Å²) in [6.07, 6.45) is 4.24. The van der Waals surface area contributed by atoms with E-state index in [2.05, 4.69) is 15.0 Å². The number of carbonyl (C=O) groups excluding carboxylic acids is 1. The fourth-order valence-corrected chi connectivity index (χ4v) is 3.05. The first-order chi connectivity index (χ1) is 12.2. The lowest BCUT2D eigenvalue weighted by Crippen LogP contribution is -2.19. The van der Waals surface area contributed by atoms with Crippen molar-refractivity contribution in [1.29, 1.82) is 0 Å². The summed E-state index contributed by atoms with van der Waals surface area (Å²) in [5.41, 5.74) is 1.71. The van der Waals surface area contributed by atoms with Gasteiger partial charge in [0.05, 0.1) is 18.0 Å². The number of carbonyl (C=O) groups is 1. The summed E-state index contributed by atoms with van der Waals surface area (Å²) in [6.45, 7) is 0.215. The van der Waals surface area contributed by atoms with Crippen molar-refractivity contribution in [3.63, 3.8) is 0 Å². The number of aromatic nitrogens is 4. The molecule has 0 bridgehead atoms. The van der Waals surface area contributed by atoms with Crippen molar-refractivity contribution < 1.29 is 14.3 Å². The largest absolute Gasteiger partial charge is 0.459 e. The zero-order valence-corrected chi connectivity index (χ0v) is 14.0. The van der Waals surface area contributed by atoms with Crippen LogP contribution in [0, 0.1) is 0 Å². The maximum Gasteiger partial charge on any atom is 0.338 e. The molecule has 1 fully saturated rings. The summed E-state index contributed by atoms with van der Waals surface area (Å²) in [5.74, 6) is -0.347. The van der Waals surface area contributed by atoms with Gasteiger partial charge < -0.3 is 9.47 Å². The van der Waals surface area contributed by atoms with Crippen LogP contribution in [-0.2, 0) is 9.47 Å². The van der Waals surface area contributed by atoms with Gasteiger partial charge in [-0.3, -0.25) is 4.57 Å². The van der Waals surface area contributed by atoms with E-state index in [9.17, 15) is 4.79 Å². The van der Waals surface area contributed by atoms with Gasteiger partial charge in [-0.25, -0.2) is 19.7 Å². The third-order valence-electron chi connectivity index (χ3n) is 4.12. The van der Waals surface area contributed by atoms with Gasteiger partial charge in [0, 0.05) is 0 Å². The Labute approximate surface area is 148 Å². The molecule has 1 aliphatic heterocycles. The van der Waals surface area contributed by atoms with Crippen molar-refractivity contribution in [3.05, 3.63) is 53.7 Å². The van der Waals surface area contributed by atoms with Gasteiger partial charge in [-0.2, -0.15) is 0 Å². The van der Waals surface area contributed by atoms with Crippen LogP contribution in [0.5, 0.6) is 0 Å². The Morgan fingerprint density at radius 2 is 2.08 bits per heavy atom. The molecule has 0 spiro atoms. The summed E-state index contributed by atoms with van der Waals surface area (Å²) in [6, 6.07) is 8.90. The van der Waals surface area contributed by atoms with Crippen LogP contribution in [0.1, 0.15) is 29.4 Å². The highest BCUT2D eigenvalue weighted by Gasteiger charge is 2.29. The molecule has 1 aromatic carbocycles. The average molecular weight is 359 g/mol. The lowest BCUT2D eigenvalue weighted by molar-refractivity contribution is -0.0309. The molecule has 0 amide bonds. The Balaban J connectivity index is 1.40. The van der Waals surface area contributed by atoms with Crippen LogP contribution >= 0.6 is 11.6 Å². The molecule has 0 saturated carbocycles. The van der Waals surface area contributed by atoms with Crippen LogP contribution in [0.4, 0.5) is 0 Å². The number of esters is 1.